The fourth-order valence-corrected chi connectivity index (χ4v) is 5.53. The van der Waals surface area contributed by atoms with Crippen molar-refractivity contribution in [3.63, 3.8) is 0 Å². The van der Waals surface area contributed by atoms with Crippen LogP contribution in [0.15, 0.2) is 103 Å². The minimum Gasteiger partial charge on any atom is -0.435 e. The van der Waals surface area contributed by atoms with Gasteiger partial charge in [0.1, 0.15) is 11.5 Å². The normalized spacial score (nSPS) is 14.8. The Kier molecular flexibility index (Phi) is 3.78. The first kappa shape index (κ1) is 16.6. The SMILES string of the molecule is c1ccc(OP2Oc3ccc4ccccc4c3-c3c2ccc2ccccc32)cc1. The smallest absolute Gasteiger partial charge is 0.326 e. The van der Waals surface area contributed by atoms with E-state index in [1.54, 1.807) is 0 Å². The molecule has 0 saturated heterocycles. The van der Waals surface area contributed by atoms with Gasteiger partial charge in [-0.25, -0.2) is 0 Å². The second-order valence-corrected chi connectivity index (χ2v) is 8.45. The van der Waals surface area contributed by atoms with E-state index in [0.717, 1.165) is 22.4 Å². The quantitative estimate of drug-likeness (QED) is 0.299. The summed E-state index contributed by atoms with van der Waals surface area (Å²) in [6, 6.07) is 35.5. The summed E-state index contributed by atoms with van der Waals surface area (Å²) in [6.45, 7) is 0. The summed E-state index contributed by atoms with van der Waals surface area (Å²) in [5, 5.41) is 5.99. The number of rotatable bonds is 2. The summed E-state index contributed by atoms with van der Waals surface area (Å²) >= 11 is 0. The predicted molar refractivity (Wildman–Crippen MR) is 121 cm³/mol. The van der Waals surface area contributed by atoms with E-state index in [-0.39, 0.29) is 0 Å². The van der Waals surface area contributed by atoms with Gasteiger partial charge >= 0.3 is 8.38 Å². The van der Waals surface area contributed by atoms with Crippen LogP contribution >= 0.6 is 8.38 Å². The Morgan fingerprint density at radius 1 is 0.552 bits per heavy atom. The standard InChI is InChI=1S/C26H17O2P/c1-2-10-20(11-3-1)27-29-24-17-15-19-9-5-7-13-22(19)26(24)25-21-12-6-4-8-18(21)14-16-23(25)28-29/h1-17H. The molecule has 0 aliphatic carbocycles. The number of para-hydroxylation sites is 1. The molecule has 0 bridgehead atoms. The molecule has 1 unspecified atom stereocenters. The Bertz CT molecular complexity index is 1360. The topological polar surface area (TPSA) is 18.5 Å². The van der Waals surface area contributed by atoms with Crippen LogP contribution in [0, 0.1) is 0 Å². The molecule has 0 radical (unpaired) electrons. The van der Waals surface area contributed by atoms with Crippen molar-refractivity contribution in [3.8, 4) is 22.6 Å². The minimum absolute atomic E-state index is 0.821. The summed E-state index contributed by atoms with van der Waals surface area (Å²) in [6.07, 6.45) is 0. The molecular formula is C26H17O2P. The zero-order valence-corrected chi connectivity index (χ0v) is 16.5. The number of fused-ring (bicyclic) bond motifs is 7. The Hall–Kier alpha value is -3.35. The zero-order chi connectivity index (χ0) is 19.2. The fourth-order valence-electron chi connectivity index (χ4n) is 4.04. The molecule has 0 N–H and O–H groups in total. The molecule has 0 fully saturated rings. The molecule has 1 aliphatic heterocycles. The molecule has 0 saturated carbocycles. The first-order chi connectivity index (χ1) is 14.4. The van der Waals surface area contributed by atoms with Gasteiger partial charge in [-0.05, 0) is 45.8 Å². The number of benzene rings is 5. The molecule has 5 aromatic rings. The summed E-state index contributed by atoms with van der Waals surface area (Å²) < 4.78 is 12.8. The predicted octanol–water partition coefficient (Wildman–Crippen LogP) is 7.07. The van der Waals surface area contributed by atoms with Crippen molar-refractivity contribution in [2.75, 3.05) is 0 Å². The highest BCUT2D eigenvalue weighted by Gasteiger charge is 2.32. The van der Waals surface area contributed by atoms with Crippen molar-refractivity contribution in [3.05, 3.63) is 103 Å². The van der Waals surface area contributed by atoms with E-state index >= 15 is 0 Å². The average molecular weight is 392 g/mol. The Morgan fingerprint density at radius 3 is 1.93 bits per heavy atom. The minimum atomic E-state index is -1.28. The van der Waals surface area contributed by atoms with Crippen LogP contribution in [0.25, 0.3) is 32.7 Å². The second kappa shape index (κ2) is 6.62. The van der Waals surface area contributed by atoms with Gasteiger partial charge in [0.25, 0.3) is 0 Å². The van der Waals surface area contributed by atoms with Gasteiger partial charge in [-0.1, -0.05) is 78.9 Å². The Morgan fingerprint density at radius 2 is 1.17 bits per heavy atom. The number of hydrogen-bond acceptors (Lipinski definition) is 2. The van der Waals surface area contributed by atoms with Crippen LogP contribution in [0.1, 0.15) is 0 Å². The van der Waals surface area contributed by atoms with Gasteiger partial charge in [0.05, 0.1) is 5.30 Å². The maximum atomic E-state index is 6.46. The third kappa shape index (κ3) is 2.68. The van der Waals surface area contributed by atoms with Crippen molar-refractivity contribution in [1.29, 1.82) is 0 Å². The van der Waals surface area contributed by atoms with Crippen LogP contribution in [0.2, 0.25) is 0 Å². The maximum Gasteiger partial charge on any atom is 0.326 e. The molecule has 2 nitrogen and oxygen atoms in total. The lowest BCUT2D eigenvalue weighted by molar-refractivity contribution is 0.501. The van der Waals surface area contributed by atoms with Crippen molar-refractivity contribution in [2.24, 2.45) is 0 Å². The zero-order valence-electron chi connectivity index (χ0n) is 15.6. The first-order valence-electron chi connectivity index (χ1n) is 9.63. The molecule has 0 amide bonds. The molecule has 1 heterocycles. The lowest BCUT2D eigenvalue weighted by Crippen LogP contribution is -2.18. The Balaban J connectivity index is 1.65. The van der Waals surface area contributed by atoms with Crippen molar-refractivity contribution in [1.82, 2.24) is 0 Å². The molecular weight excluding hydrogens is 375 g/mol. The molecule has 0 aromatic heterocycles. The first-order valence-corrected chi connectivity index (χ1v) is 10.8. The van der Waals surface area contributed by atoms with Gasteiger partial charge in [0, 0.05) is 11.1 Å². The molecule has 0 spiro atoms. The van der Waals surface area contributed by atoms with E-state index in [0.29, 0.717) is 0 Å². The van der Waals surface area contributed by atoms with Crippen LogP contribution in [0.5, 0.6) is 11.5 Å². The van der Waals surface area contributed by atoms with Crippen LogP contribution in [-0.2, 0) is 0 Å². The molecule has 29 heavy (non-hydrogen) atoms. The number of hydrogen-bond donors (Lipinski definition) is 0. The van der Waals surface area contributed by atoms with Gasteiger partial charge in [-0.15, -0.1) is 0 Å². The molecule has 6 rings (SSSR count). The van der Waals surface area contributed by atoms with Gasteiger partial charge in [-0.2, -0.15) is 0 Å². The van der Waals surface area contributed by atoms with Crippen molar-refractivity contribution >= 4 is 35.2 Å². The summed E-state index contributed by atoms with van der Waals surface area (Å²) in [4.78, 5) is 0. The van der Waals surface area contributed by atoms with E-state index < -0.39 is 8.38 Å². The molecule has 3 heteroatoms. The monoisotopic (exact) mass is 392 g/mol. The third-order valence-corrected chi connectivity index (χ3v) is 6.86. The second-order valence-electron chi connectivity index (χ2n) is 7.09. The van der Waals surface area contributed by atoms with E-state index in [2.05, 4.69) is 72.8 Å². The van der Waals surface area contributed by atoms with Crippen LogP contribution < -0.4 is 14.4 Å². The Labute approximate surface area is 170 Å². The fraction of sp³-hybridized carbons (Fsp3) is 0. The summed E-state index contributed by atoms with van der Waals surface area (Å²) in [5.41, 5.74) is 2.38. The third-order valence-electron chi connectivity index (χ3n) is 5.36. The largest absolute Gasteiger partial charge is 0.435 e. The van der Waals surface area contributed by atoms with Gasteiger partial charge in [-0.3, -0.25) is 0 Å². The highest BCUT2D eigenvalue weighted by Crippen LogP contribution is 2.53. The van der Waals surface area contributed by atoms with Crippen molar-refractivity contribution < 1.29 is 9.05 Å². The highest BCUT2D eigenvalue weighted by atomic mass is 31.2. The van der Waals surface area contributed by atoms with E-state index in [1.807, 2.05) is 30.3 Å². The van der Waals surface area contributed by atoms with E-state index in [1.165, 1.54) is 27.1 Å². The highest BCUT2D eigenvalue weighted by molar-refractivity contribution is 7.57. The summed E-state index contributed by atoms with van der Waals surface area (Å²) in [7, 11) is -1.28. The lowest BCUT2D eigenvalue weighted by Gasteiger charge is -2.29. The van der Waals surface area contributed by atoms with E-state index in [4.69, 9.17) is 9.05 Å². The summed E-state index contributed by atoms with van der Waals surface area (Å²) in [5.74, 6) is 1.71. The van der Waals surface area contributed by atoms with Gasteiger partial charge in [0.15, 0.2) is 0 Å². The van der Waals surface area contributed by atoms with Crippen molar-refractivity contribution in [2.45, 2.75) is 0 Å². The van der Waals surface area contributed by atoms with Gasteiger partial charge < -0.3 is 9.05 Å². The van der Waals surface area contributed by atoms with Crippen LogP contribution in [-0.4, -0.2) is 0 Å². The van der Waals surface area contributed by atoms with E-state index in [9.17, 15) is 0 Å². The molecule has 138 valence electrons. The van der Waals surface area contributed by atoms with Gasteiger partial charge in [0.2, 0.25) is 0 Å². The molecule has 1 aliphatic rings. The van der Waals surface area contributed by atoms with Crippen LogP contribution in [0.4, 0.5) is 0 Å². The molecule has 5 aromatic carbocycles. The lowest BCUT2D eigenvalue weighted by atomic mass is 9.93. The average Bonchev–Trinajstić information content (AvgIpc) is 2.79. The van der Waals surface area contributed by atoms with Crippen LogP contribution in [0.3, 0.4) is 0 Å². The molecule has 1 atom stereocenters. The maximum absolute atomic E-state index is 6.46.